The van der Waals surface area contributed by atoms with Crippen molar-refractivity contribution in [2.45, 2.75) is 126 Å². The Balaban J connectivity index is 0.00000106. The molecule has 3 N–H and O–H groups in total. The van der Waals surface area contributed by atoms with E-state index in [2.05, 4.69) is 83.9 Å². The molecule has 4 heteroatoms. The Kier molecular flexibility index (Phi) is 11.3. The molecule has 6 unspecified atom stereocenters. The van der Waals surface area contributed by atoms with Crippen molar-refractivity contribution in [2.24, 2.45) is 57.4 Å². The minimum Gasteiger partial charge on any atom is -0.352 e. The summed E-state index contributed by atoms with van der Waals surface area (Å²) in [5, 5.41) is 7.53. The molecule has 3 nitrogen and oxygen atoms in total. The molecular formula is C36H62N2OS. The summed E-state index contributed by atoms with van der Waals surface area (Å²) in [4.78, 5) is 13.1. The van der Waals surface area contributed by atoms with E-state index in [0.717, 1.165) is 47.6 Å². The van der Waals surface area contributed by atoms with Crippen LogP contribution in [0, 0.1) is 52.3 Å². The standard InChI is InChI=1S/C34H53NO.C2H6.H3NS/c1-22-19-26-29-15-14-28(34(29,7)18-16-30(26)33(6)17-9-8-13-27(22)33)23(2)21-35-31(36)24-11-10-12-25(20-24)32(3,4)5;2*1-2/h10-12,20,22-23,26-30H,8-9,13-19,21H2,1-7H3,(H,35,36);1-2H3;2H,1H2/t22-,23+,26?,27?,28?,29?,30-,33?,34?;;/m0../s1. The van der Waals surface area contributed by atoms with Crippen molar-refractivity contribution in [3.63, 3.8) is 0 Å². The van der Waals surface area contributed by atoms with Crippen LogP contribution in [0.2, 0.25) is 0 Å². The summed E-state index contributed by atoms with van der Waals surface area (Å²) in [6, 6.07) is 8.21. The fraction of sp³-hybridized carbons (Fsp3) is 0.806. The molecule has 1 aromatic rings. The van der Waals surface area contributed by atoms with Gasteiger partial charge in [0.15, 0.2) is 0 Å². The molecule has 5 rings (SSSR count). The number of fused-ring (bicyclic) bond motifs is 5. The molecular weight excluding hydrogens is 508 g/mol. The first kappa shape index (κ1) is 33.5. The van der Waals surface area contributed by atoms with Gasteiger partial charge in [-0.1, -0.05) is 87.3 Å². The van der Waals surface area contributed by atoms with E-state index in [1.165, 1.54) is 63.4 Å². The molecule has 4 aliphatic carbocycles. The van der Waals surface area contributed by atoms with Crippen LogP contribution >= 0.6 is 12.8 Å². The third kappa shape index (κ3) is 6.34. The SMILES string of the molecule is CC.C[C@H](CNC(=O)c1cccc(C(C)(C)C)c1)C1CCC2C3C[C@H](C)C4CCCCC4(C)[C@H]3CCC21C.NS. The Morgan fingerprint density at radius 3 is 2.35 bits per heavy atom. The average molecular weight is 571 g/mol. The third-order valence-corrected chi connectivity index (χ3v) is 12.3. The van der Waals surface area contributed by atoms with E-state index in [4.69, 9.17) is 0 Å². The van der Waals surface area contributed by atoms with E-state index < -0.39 is 0 Å². The predicted molar refractivity (Wildman–Crippen MR) is 176 cm³/mol. The fourth-order valence-electron chi connectivity index (χ4n) is 10.4. The summed E-state index contributed by atoms with van der Waals surface area (Å²) in [7, 11) is 0. The molecule has 4 aliphatic rings. The number of thiol groups is 1. The van der Waals surface area contributed by atoms with Gasteiger partial charge in [-0.2, -0.15) is 0 Å². The Hall–Kier alpha value is -1.00. The van der Waals surface area contributed by atoms with Crippen LogP contribution in [0.15, 0.2) is 24.3 Å². The van der Waals surface area contributed by atoms with Crippen LogP contribution in [0.1, 0.15) is 136 Å². The van der Waals surface area contributed by atoms with Crippen LogP contribution < -0.4 is 10.5 Å². The number of carbonyl (C=O) groups excluding carboxylic acids is 1. The molecule has 0 aliphatic heterocycles. The molecule has 228 valence electrons. The summed E-state index contributed by atoms with van der Waals surface area (Å²) in [6.45, 7) is 21.8. The average Bonchev–Trinajstić information content (AvgIpc) is 3.31. The number of hydrogen-bond acceptors (Lipinski definition) is 3. The van der Waals surface area contributed by atoms with Crippen molar-refractivity contribution in [2.75, 3.05) is 6.54 Å². The van der Waals surface area contributed by atoms with Gasteiger partial charge < -0.3 is 5.32 Å². The number of benzene rings is 1. The first-order valence-corrected chi connectivity index (χ1v) is 17.1. The van der Waals surface area contributed by atoms with Crippen molar-refractivity contribution in [3.8, 4) is 0 Å². The zero-order valence-corrected chi connectivity index (χ0v) is 28.2. The van der Waals surface area contributed by atoms with Gasteiger partial charge in [0.2, 0.25) is 0 Å². The van der Waals surface area contributed by atoms with E-state index >= 15 is 0 Å². The van der Waals surface area contributed by atoms with Gasteiger partial charge in [-0.25, -0.2) is 0 Å². The van der Waals surface area contributed by atoms with E-state index in [1.807, 2.05) is 26.0 Å². The zero-order chi connectivity index (χ0) is 29.9. The Morgan fingerprint density at radius 1 is 1.00 bits per heavy atom. The molecule has 1 aromatic carbocycles. The lowest BCUT2D eigenvalue weighted by molar-refractivity contribution is -0.134. The lowest BCUT2D eigenvalue weighted by atomic mass is 9.43. The van der Waals surface area contributed by atoms with Crippen molar-refractivity contribution in [3.05, 3.63) is 35.4 Å². The zero-order valence-electron chi connectivity index (χ0n) is 27.4. The molecule has 4 saturated carbocycles. The molecule has 9 atom stereocenters. The van der Waals surface area contributed by atoms with Gasteiger partial charge in [-0.15, -0.1) is 12.8 Å². The fourth-order valence-corrected chi connectivity index (χ4v) is 10.4. The van der Waals surface area contributed by atoms with E-state index in [9.17, 15) is 4.79 Å². The Morgan fingerprint density at radius 2 is 1.68 bits per heavy atom. The van der Waals surface area contributed by atoms with Gasteiger partial charge >= 0.3 is 0 Å². The highest BCUT2D eigenvalue weighted by Crippen LogP contribution is 2.69. The van der Waals surface area contributed by atoms with Crippen molar-refractivity contribution in [1.82, 2.24) is 5.32 Å². The lowest BCUT2D eigenvalue weighted by Crippen LogP contribution is -2.55. The molecule has 0 aromatic heterocycles. The normalized spacial score (nSPS) is 37.3. The highest BCUT2D eigenvalue weighted by Gasteiger charge is 2.61. The van der Waals surface area contributed by atoms with Crippen LogP contribution in [-0.4, -0.2) is 12.5 Å². The van der Waals surface area contributed by atoms with Crippen LogP contribution in [0.3, 0.4) is 0 Å². The minimum absolute atomic E-state index is 0.0567. The van der Waals surface area contributed by atoms with Gasteiger partial charge in [-0.3, -0.25) is 9.93 Å². The van der Waals surface area contributed by atoms with Crippen molar-refractivity contribution < 1.29 is 4.79 Å². The smallest absolute Gasteiger partial charge is 0.251 e. The molecule has 40 heavy (non-hydrogen) atoms. The van der Waals surface area contributed by atoms with Gasteiger partial charge in [0, 0.05) is 12.1 Å². The number of amides is 1. The van der Waals surface area contributed by atoms with Gasteiger partial charge in [-0.05, 0) is 120 Å². The van der Waals surface area contributed by atoms with E-state index in [-0.39, 0.29) is 11.3 Å². The summed E-state index contributed by atoms with van der Waals surface area (Å²) in [6.07, 6.45) is 13.0. The molecule has 0 saturated heterocycles. The maximum atomic E-state index is 13.1. The third-order valence-electron chi connectivity index (χ3n) is 12.3. The maximum Gasteiger partial charge on any atom is 0.251 e. The summed E-state index contributed by atoms with van der Waals surface area (Å²) in [5.41, 5.74) is 3.14. The van der Waals surface area contributed by atoms with Gasteiger partial charge in [0.05, 0.1) is 0 Å². The highest BCUT2D eigenvalue weighted by molar-refractivity contribution is 7.77. The Bertz CT molecular complexity index is 972. The largest absolute Gasteiger partial charge is 0.352 e. The van der Waals surface area contributed by atoms with Gasteiger partial charge in [0.1, 0.15) is 0 Å². The second-order valence-electron chi connectivity index (χ2n) is 15.2. The Labute approximate surface area is 253 Å². The number of rotatable bonds is 4. The predicted octanol–water partition coefficient (Wildman–Crippen LogP) is 9.46. The topological polar surface area (TPSA) is 55.1 Å². The van der Waals surface area contributed by atoms with Crippen molar-refractivity contribution in [1.29, 1.82) is 0 Å². The summed E-state index contributed by atoms with van der Waals surface area (Å²) >= 11 is 3.03. The van der Waals surface area contributed by atoms with E-state index in [0.29, 0.717) is 16.7 Å². The van der Waals surface area contributed by atoms with E-state index in [1.54, 1.807) is 0 Å². The molecule has 0 radical (unpaired) electrons. The number of nitrogens with two attached hydrogens (primary N) is 1. The number of carbonyl (C=O) groups is 1. The van der Waals surface area contributed by atoms with Crippen molar-refractivity contribution >= 4 is 18.7 Å². The number of hydrogen-bond donors (Lipinski definition) is 3. The van der Waals surface area contributed by atoms with Crippen LogP contribution in [0.25, 0.3) is 0 Å². The quantitative estimate of drug-likeness (QED) is 0.316. The second kappa shape index (κ2) is 13.5. The first-order valence-electron chi connectivity index (χ1n) is 16.6. The monoisotopic (exact) mass is 570 g/mol. The summed E-state index contributed by atoms with van der Waals surface area (Å²) < 4.78 is 0. The molecule has 0 heterocycles. The summed E-state index contributed by atoms with van der Waals surface area (Å²) in [5.74, 6) is 6.02. The van der Waals surface area contributed by atoms with Crippen LogP contribution in [0.5, 0.6) is 0 Å². The van der Waals surface area contributed by atoms with Gasteiger partial charge in [0.25, 0.3) is 5.91 Å². The molecule has 0 bridgehead atoms. The molecule has 0 spiro atoms. The second-order valence-corrected chi connectivity index (χ2v) is 15.2. The van der Waals surface area contributed by atoms with Crippen LogP contribution in [-0.2, 0) is 5.41 Å². The molecule has 4 fully saturated rings. The maximum absolute atomic E-state index is 13.1. The number of nitrogens with one attached hydrogen (secondary N) is 1. The van der Waals surface area contributed by atoms with Crippen LogP contribution in [0.4, 0.5) is 0 Å². The first-order chi connectivity index (χ1) is 18.9. The lowest BCUT2D eigenvalue weighted by Gasteiger charge is -2.62. The highest BCUT2D eigenvalue weighted by atomic mass is 32.1. The molecule has 1 amide bonds. The minimum atomic E-state index is 0.0567.